The van der Waals surface area contributed by atoms with Crippen LogP contribution in [0.3, 0.4) is 0 Å². The number of ether oxygens (including phenoxy) is 2. The van der Waals surface area contributed by atoms with Gasteiger partial charge in [-0.15, -0.1) is 0 Å². The number of rotatable bonds is 5. The standard InChI is InChI=1S/C11H13NO5/c1-16-9-6-7(12)2-3-8(9)11(15)17-5-4-10(13)14/h2-3,6H,4-5,12H2,1H3,(H,13,14). The molecule has 17 heavy (non-hydrogen) atoms. The number of benzene rings is 1. The lowest BCUT2D eigenvalue weighted by atomic mass is 10.2. The highest BCUT2D eigenvalue weighted by Crippen LogP contribution is 2.22. The van der Waals surface area contributed by atoms with Gasteiger partial charge >= 0.3 is 11.9 Å². The molecule has 3 N–H and O–H groups in total. The molecule has 0 aliphatic heterocycles. The first-order chi connectivity index (χ1) is 8.04. The molecule has 1 aromatic carbocycles. The summed E-state index contributed by atoms with van der Waals surface area (Å²) in [6, 6.07) is 4.50. The molecular formula is C11H13NO5. The van der Waals surface area contributed by atoms with E-state index in [9.17, 15) is 9.59 Å². The van der Waals surface area contributed by atoms with Crippen LogP contribution in [0.4, 0.5) is 5.69 Å². The first kappa shape index (κ1) is 12.8. The number of esters is 1. The molecule has 0 saturated heterocycles. The molecule has 0 radical (unpaired) electrons. The minimum atomic E-state index is -1.03. The second-order valence-electron chi connectivity index (χ2n) is 3.24. The number of nitrogens with two attached hydrogens (primary N) is 1. The number of carboxylic acid groups (broad SMARTS) is 1. The van der Waals surface area contributed by atoms with E-state index in [1.807, 2.05) is 0 Å². The van der Waals surface area contributed by atoms with Crippen molar-refractivity contribution in [2.45, 2.75) is 6.42 Å². The van der Waals surface area contributed by atoms with E-state index in [1.165, 1.54) is 25.3 Å². The summed E-state index contributed by atoms with van der Waals surface area (Å²) in [7, 11) is 1.41. The Labute approximate surface area is 97.9 Å². The summed E-state index contributed by atoms with van der Waals surface area (Å²) >= 11 is 0. The van der Waals surface area contributed by atoms with Crippen molar-refractivity contribution in [1.82, 2.24) is 0 Å². The van der Waals surface area contributed by atoms with Gasteiger partial charge in [0.05, 0.1) is 13.5 Å². The molecule has 0 atom stereocenters. The minimum absolute atomic E-state index is 0.179. The molecule has 0 aromatic heterocycles. The van der Waals surface area contributed by atoms with Crippen molar-refractivity contribution in [3.8, 4) is 5.75 Å². The maximum atomic E-state index is 11.6. The predicted octanol–water partition coefficient (Wildman–Crippen LogP) is 0.909. The lowest BCUT2D eigenvalue weighted by molar-refractivity contribution is -0.137. The van der Waals surface area contributed by atoms with Gasteiger partial charge in [0, 0.05) is 11.8 Å². The van der Waals surface area contributed by atoms with E-state index in [-0.39, 0.29) is 18.6 Å². The van der Waals surface area contributed by atoms with Crippen molar-refractivity contribution < 1.29 is 24.2 Å². The first-order valence-corrected chi connectivity index (χ1v) is 4.87. The number of anilines is 1. The van der Waals surface area contributed by atoms with E-state index in [0.29, 0.717) is 11.4 Å². The van der Waals surface area contributed by atoms with Crippen molar-refractivity contribution in [3.63, 3.8) is 0 Å². The van der Waals surface area contributed by atoms with Crippen molar-refractivity contribution in [2.75, 3.05) is 19.5 Å². The minimum Gasteiger partial charge on any atom is -0.496 e. The van der Waals surface area contributed by atoms with E-state index < -0.39 is 11.9 Å². The topological polar surface area (TPSA) is 98.9 Å². The third-order valence-electron chi connectivity index (χ3n) is 1.99. The average molecular weight is 239 g/mol. The highest BCUT2D eigenvalue weighted by molar-refractivity contribution is 5.93. The Balaban J connectivity index is 2.71. The summed E-state index contributed by atoms with van der Waals surface area (Å²) < 4.78 is 9.76. The van der Waals surface area contributed by atoms with E-state index in [0.717, 1.165) is 0 Å². The van der Waals surface area contributed by atoms with Crippen molar-refractivity contribution >= 4 is 17.6 Å². The third-order valence-corrected chi connectivity index (χ3v) is 1.99. The van der Waals surface area contributed by atoms with Crippen molar-refractivity contribution in [1.29, 1.82) is 0 Å². The quantitative estimate of drug-likeness (QED) is 0.585. The van der Waals surface area contributed by atoms with Gasteiger partial charge in [0.1, 0.15) is 17.9 Å². The number of hydrogen-bond acceptors (Lipinski definition) is 5. The van der Waals surface area contributed by atoms with Gasteiger partial charge in [-0.2, -0.15) is 0 Å². The van der Waals surface area contributed by atoms with Crippen LogP contribution in [0.1, 0.15) is 16.8 Å². The number of nitrogen functional groups attached to an aromatic ring is 1. The summed E-state index contributed by atoms with van der Waals surface area (Å²) in [6.45, 7) is -0.179. The van der Waals surface area contributed by atoms with Crippen LogP contribution in [0.5, 0.6) is 5.75 Å². The number of carboxylic acids is 1. The number of methoxy groups -OCH3 is 1. The second kappa shape index (κ2) is 5.74. The molecule has 0 saturated carbocycles. The molecule has 0 bridgehead atoms. The zero-order valence-electron chi connectivity index (χ0n) is 9.30. The second-order valence-corrected chi connectivity index (χ2v) is 3.24. The van der Waals surface area contributed by atoms with Crippen molar-refractivity contribution in [3.05, 3.63) is 23.8 Å². The molecule has 1 aromatic rings. The Morgan fingerprint density at radius 1 is 1.41 bits per heavy atom. The van der Waals surface area contributed by atoms with Crippen LogP contribution >= 0.6 is 0 Å². The zero-order valence-corrected chi connectivity index (χ0v) is 9.30. The third kappa shape index (κ3) is 3.67. The molecule has 0 aliphatic rings. The van der Waals surface area contributed by atoms with Gasteiger partial charge in [0.15, 0.2) is 0 Å². The number of carbonyl (C=O) groups is 2. The highest BCUT2D eigenvalue weighted by Gasteiger charge is 2.14. The summed E-state index contributed by atoms with van der Waals surface area (Å²) in [4.78, 5) is 21.8. The largest absolute Gasteiger partial charge is 0.496 e. The highest BCUT2D eigenvalue weighted by atomic mass is 16.5. The van der Waals surface area contributed by atoms with Gasteiger partial charge in [-0.1, -0.05) is 0 Å². The molecule has 0 spiro atoms. The van der Waals surface area contributed by atoms with Crippen LogP contribution in [-0.2, 0) is 9.53 Å². The van der Waals surface area contributed by atoms with Gasteiger partial charge in [0.2, 0.25) is 0 Å². The van der Waals surface area contributed by atoms with E-state index in [1.54, 1.807) is 0 Å². The maximum Gasteiger partial charge on any atom is 0.341 e. The average Bonchev–Trinajstić information content (AvgIpc) is 2.28. The SMILES string of the molecule is COc1cc(N)ccc1C(=O)OCCC(=O)O. The number of carbonyl (C=O) groups excluding carboxylic acids is 1. The number of aliphatic carboxylic acids is 1. The Bertz CT molecular complexity index is 430. The van der Waals surface area contributed by atoms with Crippen LogP contribution in [0.2, 0.25) is 0 Å². The van der Waals surface area contributed by atoms with Crippen molar-refractivity contribution in [2.24, 2.45) is 0 Å². The summed E-state index contributed by atoms with van der Waals surface area (Å²) in [5.41, 5.74) is 6.21. The molecule has 0 aliphatic carbocycles. The van der Waals surface area contributed by atoms with Gasteiger partial charge in [0.25, 0.3) is 0 Å². The predicted molar refractivity (Wildman–Crippen MR) is 59.9 cm³/mol. The molecule has 0 amide bonds. The molecular weight excluding hydrogens is 226 g/mol. The fourth-order valence-electron chi connectivity index (χ4n) is 1.19. The lowest BCUT2D eigenvalue weighted by Crippen LogP contribution is -2.11. The summed E-state index contributed by atoms with van der Waals surface area (Å²) in [5.74, 6) is -1.37. The van der Waals surface area contributed by atoms with E-state index in [2.05, 4.69) is 0 Å². The lowest BCUT2D eigenvalue weighted by Gasteiger charge is -2.08. The fourth-order valence-corrected chi connectivity index (χ4v) is 1.19. The summed E-state index contributed by atoms with van der Waals surface area (Å²) in [6.07, 6.45) is -0.233. The maximum absolute atomic E-state index is 11.6. The molecule has 92 valence electrons. The Morgan fingerprint density at radius 3 is 2.71 bits per heavy atom. The Kier molecular flexibility index (Phi) is 4.33. The number of hydrogen-bond donors (Lipinski definition) is 2. The monoisotopic (exact) mass is 239 g/mol. The molecule has 6 nitrogen and oxygen atoms in total. The van der Waals surface area contributed by atoms with Crippen LogP contribution < -0.4 is 10.5 Å². The Hall–Kier alpha value is -2.24. The molecule has 0 fully saturated rings. The molecule has 6 heteroatoms. The smallest absolute Gasteiger partial charge is 0.341 e. The Morgan fingerprint density at radius 2 is 2.12 bits per heavy atom. The fraction of sp³-hybridized carbons (Fsp3) is 0.273. The van der Waals surface area contributed by atoms with Crippen LogP contribution in [0.15, 0.2) is 18.2 Å². The van der Waals surface area contributed by atoms with Gasteiger partial charge in [-0.25, -0.2) is 4.79 Å². The summed E-state index contributed by atoms with van der Waals surface area (Å²) in [5, 5.41) is 8.40. The van der Waals surface area contributed by atoms with Gasteiger partial charge < -0.3 is 20.3 Å². The first-order valence-electron chi connectivity index (χ1n) is 4.87. The normalized spacial score (nSPS) is 9.71. The van der Waals surface area contributed by atoms with Gasteiger partial charge in [-0.05, 0) is 12.1 Å². The van der Waals surface area contributed by atoms with E-state index in [4.69, 9.17) is 20.3 Å². The van der Waals surface area contributed by atoms with Crippen LogP contribution in [-0.4, -0.2) is 30.8 Å². The zero-order chi connectivity index (χ0) is 12.8. The molecule has 0 unspecified atom stereocenters. The van der Waals surface area contributed by atoms with Crippen LogP contribution in [0, 0.1) is 0 Å². The van der Waals surface area contributed by atoms with Gasteiger partial charge in [-0.3, -0.25) is 4.79 Å². The molecule has 0 heterocycles. The molecule has 1 rings (SSSR count). The van der Waals surface area contributed by atoms with Crippen LogP contribution in [0.25, 0.3) is 0 Å². The van der Waals surface area contributed by atoms with E-state index >= 15 is 0 Å².